The molecule has 124 valence electrons. The number of tetrazole rings is 1. The van der Waals surface area contributed by atoms with Crippen LogP contribution >= 0.6 is 0 Å². The summed E-state index contributed by atoms with van der Waals surface area (Å²) in [6.45, 7) is 8.59. The molecule has 1 saturated heterocycles. The predicted molar refractivity (Wildman–Crippen MR) is 88.9 cm³/mol. The number of pyridine rings is 1. The Morgan fingerprint density at radius 1 is 1.00 bits per heavy atom. The molecule has 0 amide bonds. The van der Waals surface area contributed by atoms with Crippen LogP contribution in [0.1, 0.15) is 63.9 Å². The van der Waals surface area contributed by atoms with E-state index in [2.05, 4.69) is 58.3 Å². The average molecular weight is 314 g/mol. The zero-order chi connectivity index (χ0) is 16.3. The maximum Gasteiger partial charge on any atom is 0.173 e. The number of hydrogen-bond donors (Lipinski definition) is 0. The lowest BCUT2D eigenvalue weighted by atomic mass is 10.0. The minimum Gasteiger partial charge on any atom is -0.290 e. The Kier molecular flexibility index (Phi) is 4.71. The molecule has 3 rings (SSSR count). The maximum absolute atomic E-state index is 4.40. The number of aromatic nitrogens is 5. The van der Waals surface area contributed by atoms with Gasteiger partial charge in [-0.3, -0.25) is 9.88 Å². The second kappa shape index (κ2) is 6.74. The van der Waals surface area contributed by atoms with Gasteiger partial charge < -0.3 is 0 Å². The van der Waals surface area contributed by atoms with Crippen LogP contribution in [0.2, 0.25) is 0 Å². The van der Waals surface area contributed by atoms with Crippen LogP contribution in [-0.4, -0.2) is 43.2 Å². The zero-order valence-electron chi connectivity index (χ0n) is 14.3. The Morgan fingerprint density at radius 3 is 2.26 bits per heavy atom. The van der Waals surface area contributed by atoms with Gasteiger partial charge in [0.25, 0.3) is 0 Å². The van der Waals surface area contributed by atoms with Crippen molar-refractivity contribution in [2.24, 2.45) is 0 Å². The molecular weight excluding hydrogens is 288 g/mol. The molecule has 1 aliphatic heterocycles. The molecule has 1 aliphatic rings. The van der Waals surface area contributed by atoms with Crippen LogP contribution in [0.5, 0.6) is 0 Å². The molecule has 6 heteroatoms. The largest absolute Gasteiger partial charge is 0.290 e. The minimum atomic E-state index is -0.143. The van der Waals surface area contributed by atoms with E-state index < -0.39 is 0 Å². The third-order valence-electron chi connectivity index (χ3n) is 4.40. The SMILES string of the molecule is CC(C)(C)n1nnnc1[C@@H](c1ccncc1)N1CCCCCC1. The molecule has 0 unspecified atom stereocenters. The molecular formula is C17H26N6. The molecule has 1 fully saturated rings. The molecule has 1 atom stereocenters. The van der Waals surface area contributed by atoms with Gasteiger partial charge in [-0.2, -0.15) is 0 Å². The number of hydrogen-bond acceptors (Lipinski definition) is 5. The third-order valence-corrected chi connectivity index (χ3v) is 4.40. The van der Waals surface area contributed by atoms with Crippen LogP contribution < -0.4 is 0 Å². The van der Waals surface area contributed by atoms with Gasteiger partial charge in [-0.25, -0.2) is 4.68 Å². The van der Waals surface area contributed by atoms with E-state index in [-0.39, 0.29) is 11.6 Å². The Morgan fingerprint density at radius 2 is 1.65 bits per heavy atom. The van der Waals surface area contributed by atoms with Gasteiger partial charge >= 0.3 is 0 Å². The summed E-state index contributed by atoms with van der Waals surface area (Å²) in [5.41, 5.74) is 1.07. The zero-order valence-corrected chi connectivity index (χ0v) is 14.3. The van der Waals surface area contributed by atoms with Crippen molar-refractivity contribution in [3.8, 4) is 0 Å². The van der Waals surface area contributed by atoms with E-state index in [1.165, 1.54) is 31.2 Å². The molecule has 0 spiro atoms. The lowest BCUT2D eigenvalue weighted by molar-refractivity contribution is 0.209. The first-order chi connectivity index (χ1) is 11.1. The summed E-state index contributed by atoms with van der Waals surface area (Å²) in [4.78, 5) is 6.69. The summed E-state index contributed by atoms with van der Waals surface area (Å²) in [6, 6.07) is 4.25. The fourth-order valence-electron chi connectivity index (χ4n) is 3.26. The van der Waals surface area contributed by atoms with Crippen LogP contribution in [0.15, 0.2) is 24.5 Å². The fraction of sp³-hybridized carbons (Fsp3) is 0.647. The molecule has 0 saturated carbocycles. The van der Waals surface area contributed by atoms with Crippen molar-refractivity contribution in [3.05, 3.63) is 35.9 Å². The second-order valence-electron chi connectivity index (χ2n) is 7.25. The van der Waals surface area contributed by atoms with Crippen molar-refractivity contribution in [2.45, 2.75) is 58.0 Å². The monoisotopic (exact) mass is 314 g/mol. The van der Waals surface area contributed by atoms with Gasteiger partial charge in [0.1, 0.15) is 0 Å². The van der Waals surface area contributed by atoms with Crippen molar-refractivity contribution in [2.75, 3.05) is 13.1 Å². The maximum atomic E-state index is 4.40. The molecule has 0 bridgehead atoms. The summed E-state index contributed by atoms with van der Waals surface area (Å²) in [7, 11) is 0. The topological polar surface area (TPSA) is 59.7 Å². The van der Waals surface area contributed by atoms with E-state index in [4.69, 9.17) is 0 Å². The standard InChI is InChI=1S/C17H26N6/c1-17(2,3)23-16(19-20-21-23)15(14-8-10-18-11-9-14)22-12-6-4-5-7-13-22/h8-11,15H,4-7,12-13H2,1-3H3/t15-/m1/s1. The van der Waals surface area contributed by atoms with E-state index in [1.54, 1.807) is 0 Å². The number of likely N-dealkylation sites (tertiary alicyclic amines) is 1. The molecule has 0 N–H and O–H groups in total. The van der Waals surface area contributed by atoms with Gasteiger partial charge in [-0.05, 0) is 74.8 Å². The van der Waals surface area contributed by atoms with Crippen LogP contribution in [0, 0.1) is 0 Å². The van der Waals surface area contributed by atoms with Crippen LogP contribution in [-0.2, 0) is 5.54 Å². The normalized spacial score (nSPS) is 18.6. The summed E-state index contributed by atoms with van der Waals surface area (Å²) in [6.07, 6.45) is 8.79. The first-order valence-electron chi connectivity index (χ1n) is 8.50. The molecule has 0 aliphatic carbocycles. The van der Waals surface area contributed by atoms with E-state index in [0.29, 0.717) is 0 Å². The Balaban J connectivity index is 2.04. The highest BCUT2D eigenvalue weighted by molar-refractivity contribution is 5.22. The lowest BCUT2D eigenvalue weighted by Gasteiger charge is -2.32. The summed E-state index contributed by atoms with van der Waals surface area (Å²) in [5, 5.41) is 12.6. The van der Waals surface area contributed by atoms with E-state index in [0.717, 1.165) is 18.9 Å². The third kappa shape index (κ3) is 3.58. The highest BCUT2D eigenvalue weighted by atomic mass is 15.6. The molecule has 3 heterocycles. The lowest BCUT2D eigenvalue weighted by Crippen LogP contribution is -2.35. The smallest absolute Gasteiger partial charge is 0.173 e. The summed E-state index contributed by atoms with van der Waals surface area (Å²) < 4.78 is 1.96. The van der Waals surface area contributed by atoms with Crippen LogP contribution in [0.4, 0.5) is 0 Å². The summed E-state index contributed by atoms with van der Waals surface area (Å²) in [5.74, 6) is 0.922. The van der Waals surface area contributed by atoms with Crippen LogP contribution in [0.3, 0.4) is 0 Å². The van der Waals surface area contributed by atoms with Gasteiger partial charge in [0.05, 0.1) is 11.6 Å². The Labute approximate surface area is 137 Å². The first-order valence-corrected chi connectivity index (χ1v) is 8.50. The van der Waals surface area contributed by atoms with Crippen molar-refractivity contribution in [1.29, 1.82) is 0 Å². The highest BCUT2D eigenvalue weighted by Crippen LogP contribution is 2.31. The second-order valence-corrected chi connectivity index (χ2v) is 7.25. The quantitative estimate of drug-likeness (QED) is 0.872. The molecule has 0 radical (unpaired) electrons. The van der Waals surface area contributed by atoms with Gasteiger partial charge in [-0.15, -0.1) is 5.10 Å². The van der Waals surface area contributed by atoms with E-state index >= 15 is 0 Å². The van der Waals surface area contributed by atoms with E-state index in [9.17, 15) is 0 Å². The van der Waals surface area contributed by atoms with E-state index in [1.807, 2.05) is 17.1 Å². The van der Waals surface area contributed by atoms with Gasteiger partial charge in [-0.1, -0.05) is 12.8 Å². The van der Waals surface area contributed by atoms with Crippen molar-refractivity contribution < 1.29 is 0 Å². The first kappa shape index (κ1) is 16.1. The number of nitrogens with zero attached hydrogens (tertiary/aromatic N) is 6. The van der Waals surface area contributed by atoms with Gasteiger partial charge in [0.2, 0.25) is 0 Å². The Bertz CT molecular complexity index is 608. The summed E-state index contributed by atoms with van der Waals surface area (Å²) >= 11 is 0. The van der Waals surface area contributed by atoms with Crippen LogP contribution in [0.25, 0.3) is 0 Å². The molecule has 0 aromatic carbocycles. The molecule has 23 heavy (non-hydrogen) atoms. The highest BCUT2D eigenvalue weighted by Gasteiger charge is 2.31. The van der Waals surface area contributed by atoms with Gasteiger partial charge in [0.15, 0.2) is 5.82 Å². The fourth-order valence-corrected chi connectivity index (χ4v) is 3.26. The predicted octanol–water partition coefficient (Wildman–Crippen LogP) is 2.79. The van der Waals surface area contributed by atoms with Crippen molar-refractivity contribution in [1.82, 2.24) is 30.1 Å². The molecule has 2 aromatic rings. The van der Waals surface area contributed by atoms with Gasteiger partial charge in [0, 0.05) is 12.4 Å². The van der Waals surface area contributed by atoms with Crippen molar-refractivity contribution in [3.63, 3.8) is 0 Å². The Hall–Kier alpha value is -1.82. The average Bonchev–Trinajstić information content (AvgIpc) is 2.86. The minimum absolute atomic E-state index is 0.0883. The number of rotatable bonds is 3. The van der Waals surface area contributed by atoms with Crippen molar-refractivity contribution >= 4 is 0 Å². The molecule has 2 aromatic heterocycles. The molecule has 6 nitrogen and oxygen atoms in total.